The summed E-state index contributed by atoms with van der Waals surface area (Å²) in [6, 6.07) is 17.2. The highest BCUT2D eigenvalue weighted by Gasteiger charge is 1.98. The molecule has 0 atom stereocenters. The third-order valence-corrected chi connectivity index (χ3v) is 2.60. The summed E-state index contributed by atoms with van der Waals surface area (Å²) < 4.78 is 5.67. The number of ether oxygens (including phenoxy) is 1. The zero-order valence-corrected chi connectivity index (χ0v) is 9.97. The summed E-state index contributed by atoms with van der Waals surface area (Å²) in [5.41, 5.74) is 8.24. The Balaban J connectivity index is 2.04. The Morgan fingerprint density at radius 3 is 2.61 bits per heavy atom. The van der Waals surface area contributed by atoms with Crippen LogP contribution in [-0.2, 0) is 13.2 Å². The summed E-state index contributed by atoms with van der Waals surface area (Å²) in [5, 5.41) is 8.81. The second kappa shape index (κ2) is 5.85. The number of nitrogens with two attached hydrogens (primary N) is 1. The van der Waals surface area contributed by atoms with Gasteiger partial charge in [0.1, 0.15) is 12.4 Å². The van der Waals surface area contributed by atoms with Crippen molar-refractivity contribution in [3.63, 3.8) is 0 Å². The van der Waals surface area contributed by atoms with Crippen molar-refractivity contribution in [2.24, 2.45) is 5.73 Å². The molecule has 0 aliphatic rings. The van der Waals surface area contributed by atoms with Gasteiger partial charge in [-0.1, -0.05) is 24.3 Å². The van der Waals surface area contributed by atoms with Crippen LogP contribution in [0.5, 0.6) is 5.75 Å². The SMILES string of the molecule is N#Cc1cccc(COc2cccc(CN)c2)c1. The van der Waals surface area contributed by atoms with Crippen LogP contribution in [0.4, 0.5) is 0 Å². The fraction of sp³-hybridized carbons (Fsp3) is 0.133. The van der Waals surface area contributed by atoms with E-state index in [1.807, 2.05) is 42.5 Å². The van der Waals surface area contributed by atoms with Gasteiger partial charge in [0.2, 0.25) is 0 Å². The van der Waals surface area contributed by atoms with Crippen LogP contribution in [0.1, 0.15) is 16.7 Å². The molecular weight excluding hydrogens is 224 g/mol. The lowest BCUT2D eigenvalue weighted by Crippen LogP contribution is -1.99. The minimum absolute atomic E-state index is 0.448. The van der Waals surface area contributed by atoms with Gasteiger partial charge in [-0.2, -0.15) is 5.26 Å². The minimum Gasteiger partial charge on any atom is -0.489 e. The molecule has 90 valence electrons. The highest BCUT2D eigenvalue weighted by atomic mass is 16.5. The van der Waals surface area contributed by atoms with E-state index in [2.05, 4.69) is 6.07 Å². The molecule has 0 heterocycles. The predicted molar refractivity (Wildman–Crippen MR) is 69.8 cm³/mol. The monoisotopic (exact) mass is 238 g/mol. The number of hydrogen-bond acceptors (Lipinski definition) is 3. The van der Waals surface area contributed by atoms with Crippen LogP contribution >= 0.6 is 0 Å². The van der Waals surface area contributed by atoms with Crippen LogP contribution in [0, 0.1) is 11.3 Å². The topological polar surface area (TPSA) is 59.0 Å². The molecule has 0 fully saturated rings. The average molecular weight is 238 g/mol. The second-order valence-corrected chi connectivity index (χ2v) is 3.95. The van der Waals surface area contributed by atoms with Crippen LogP contribution < -0.4 is 10.5 Å². The Morgan fingerprint density at radius 2 is 1.83 bits per heavy atom. The van der Waals surface area contributed by atoms with Gasteiger partial charge in [0, 0.05) is 6.54 Å². The minimum atomic E-state index is 0.448. The maximum atomic E-state index is 8.81. The smallest absolute Gasteiger partial charge is 0.120 e. The number of benzene rings is 2. The van der Waals surface area contributed by atoms with Crippen LogP contribution in [0.15, 0.2) is 48.5 Å². The van der Waals surface area contributed by atoms with Crippen LogP contribution in [-0.4, -0.2) is 0 Å². The number of hydrogen-bond donors (Lipinski definition) is 1. The Morgan fingerprint density at radius 1 is 1.06 bits per heavy atom. The molecule has 0 spiro atoms. The van der Waals surface area contributed by atoms with E-state index >= 15 is 0 Å². The normalized spacial score (nSPS) is 9.78. The number of nitrogens with zero attached hydrogens (tertiary/aromatic N) is 1. The standard InChI is InChI=1S/C15H14N2O/c16-9-12-3-1-5-14(7-12)11-18-15-6-2-4-13(8-15)10-17/h1-8H,10-11,17H2. The summed E-state index contributed by atoms with van der Waals surface area (Å²) in [5.74, 6) is 0.792. The van der Waals surface area contributed by atoms with Crippen molar-refractivity contribution < 1.29 is 4.74 Å². The maximum absolute atomic E-state index is 8.81. The van der Waals surface area contributed by atoms with E-state index in [-0.39, 0.29) is 0 Å². The number of nitriles is 1. The van der Waals surface area contributed by atoms with Crippen molar-refractivity contribution in [1.29, 1.82) is 5.26 Å². The Bertz CT molecular complexity index is 573. The van der Waals surface area contributed by atoms with Crippen LogP contribution in [0.2, 0.25) is 0 Å². The molecule has 0 aliphatic carbocycles. The van der Waals surface area contributed by atoms with E-state index in [1.54, 1.807) is 6.07 Å². The van der Waals surface area contributed by atoms with Crippen LogP contribution in [0.3, 0.4) is 0 Å². The zero-order chi connectivity index (χ0) is 12.8. The molecule has 0 aromatic heterocycles. The van der Waals surface area contributed by atoms with Gasteiger partial charge in [0.25, 0.3) is 0 Å². The molecule has 3 nitrogen and oxygen atoms in total. The highest BCUT2D eigenvalue weighted by Crippen LogP contribution is 2.15. The van der Waals surface area contributed by atoms with E-state index in [0.717, 1.165) is 16.9 Å². The molecule has 18 heavy (non-hydrogen) atoms. The van der Waals surface area contributed by atoms with E-state index < -0.39 is 0 Å². The molecule has 2 aromatic rings. The molecule has 0 amide bonds. The predicted octanol–water partition coefficient (Wildman–Crippen LogP) is 2.60. The van der Waals surface area contributed by atoms with Crippen molar-refractivity contribution in [3.8, 4) is 11.8 Å². The van der Waals surface area contributed by atoms with E-state index in [0.29, 0.717) is 18.7 Å². The molecule has 0 saturated carbocycles. The summed E-state index contributed by atoms with van der Waals surface area (Å²) in [6.07, 6.45) is 0. The Labute approximate surface area is 106 Å². The first kappa shape index (κ1) is 12.2. The second-order valence-electron chi connectivity index (χ2n) is 3.95. The lowest BCUT2D eigenvalue weighted by Gasteiger charge is -2.07. The maximum Gasteiger partial charge on any atom is 0.120 e. The third-order valence-electron chi connectivity index (χ3n) is 2.60. The van der Waals surface area contributed by atoms with Gasteiger partial charge >= 0.3 is 0 Å². The molecule has 0 bridgehead atoms. The first-order chi connectivity index (χ1) is 8.81. The first-order valence-corrected chi connectivity index (χ1v) is 5.72. The number of rotatable bonds is 4. The van der Waals surface area contributed by atoms with Gasteiger partial charge in [-0.05, 0) is 35.4 Å². The molecule has 2 aromatic carbocycles. The van der Waals surface area contributed by atoms with Crippen LogP contribution in [0.25, 0.3) is 0 Å². The fourth-order valence-corrected chi connectivity index (χ4v) is 1.66. The largest absolute Gasteiger partial charge is 0.489 e. The van der Waals surface area contributed by atoms with Crippen molar-refractivity contribution in [1.82, 2.24) is 0 Å². The Kier molecular flexibility index (Phi) is 3.95. The summed E-state index contributed by atoms with van der Waals surface area (Å²) in [4.78, 5) is 0. The quantitative estimate of drug-likeness (QED) is 0.890. The van der Waals surface area contributed by atoms with E-state index in [1.165, 1.54) is 0 Å². The molecule has 2 N–H and O–H groups in total. The molecule has 2 rings (SSSR count). The van der Waals surface area contributed by atoms with Gasteiger partial charge in [0.15, 0.2) is 0 Å². The lowest BCUT2D eigenvalue weighted by atomic mass is 10.1. The van der Waals surface area contributed by atoms with Gasteiger partial charge in [-0.15, -0.1) is 0 Å². The molecular formula is C15H14N2O. The van der Waals surface area contributed by atoms with Crippen molar-refractivity contribution in [2.75, 3.05) is 0 Å². The van der Waals surface area contributed by atoms with E-state index in [4.69, 9.17) is 15.7 Å². The van der Waals surface area contributed by atoms with Crippen molar-refractivity contribution >= 4 is 0 Å². The fourth-order valence-electron chi connectivity index (χ4n) is 1.66. The highest BCUT2D eigenvalue weighted by molar-refractivity contribution is 5.33. The third kappa shape index (κ3) is 3.09. The average Bonchev–Trinajstić information content (AvgIpc) is 2.45. The summed E-state index contributed by atoms with van der Waals surface area (Å²) >= 11 is 0. The first-order valence-electron chi connectivity index (χ1n) is 5.72. The molecule has 0 radical (unpaired) electrons. The van der Waals surface area contributed by atoms with Crippen molar-refractivity contribution in [3.05, 3.63) is 65.2 Å². The van der Waals surface area contributed by atoms with Gasteiger partial charge in [-0.3, -0.25) is 0 Å². The van der Waals surface area contributed by atoms with Gasteiger partial charge in [0.05, 0.1) is 11.6 Å². The lowest BCUT2D eigenvalue weighted by molar-refractivity contribution is 0.306. The summed E-state index contributed by atoms with van der Waals surface area (Å²) in [6.45, 7) is 0.949. The zero-order valence-electron chi connectivity index (χ0n) is 9.97. The van der Waals surface area contributed by atoms with Gasteiger partial charge < -0.3 is 10.5 Å². The molecule has 0 unspecified atom stereocenters. The van der Waals surface area contributed by atoms with E-state index in [9.17, 15) is 0 Å². The molecule has 0 aliphatic heterocycles. The summed E-state index contributed by atoms with van der Waals surface area (Å²) in [7, 11) is 0. The molecule has 3 heteroatoms. The Hall–Kier alpha value is -2.31. The van der Waals surface area contributed by atoms with Crippen molar-refractivity contribution in [2.45, 2.75) is 13.2 Å². The molecule has 0 saturated heterocycles. The van der Waals surface area contributed by atoms with Gasteiger partial charge in [-0.25, -0.2) is 0 Å².